The smallest absolute Gasteiger partial charge is 0.220 e. The standard InChI is InChI=1S/C11H17N3O3S/c1-6-8(5-13-11(12)14-6)10(17)9(16)3-4-18-7(2)15/h5,9-10,16-17H,3-4H2,1-2H3,(H2,12,13,14). The van der Waals surface area contributed by atoms with Gasteiger partial charge in [0.05, 0.1) is 6.10 Å². The SMILES string of the molecule is CC(=O)SCCC(O)C(O)c1cnc(N)nc1C. The Morgan fingerprint density at radius 3 is 2.78 bits per heavy atom. The molecule has 2 unspecified atom stereocenters. The van der Waals surface area contributed by atoms with Crippen molar-refractivity contribution in [3.63, 3.8) is 0 Å². The summed E-state index contributed by atoms with van der Waals surface area (Å²) in [7, 11) is 0. The van der Waals surface area contributed by atoms with Crippen LogP contribution in [0.5, 0.6) is 0 Å². The van der Waals surface area contributed by atoms with E-state index in [0.29, 0.717) is 23.4 Å². The number of rotatable bonds is 5. The second kappa shape index (κ2) is 6.67. The fourth-order valence-corrected chi connectivity index (χ4v) is 2.12. The number of nitrogens with two attached hydrogens (primary N) is 1. The zero-order valence-corrected chi connectivity index (χ0v) is 11.1. The van der Waals surface area contributed by atoms with Crippen molar-refractivity contribution in [3.05, 3.63) is 17.5 Å². The van der Waals surface area contributed by atoms with Crippen molar-refractivity contribution in [1.82, 2.24) is 9.97 Å². The summed E-state index contributed by atoms with van der Waals surface area (Å²) < 4.78 is 0. The van der Waals surface area contributed by atoms with Crippen LogP contribution in [0.2, 0.25) is 0 Å². The van der Waals surface area contributed by atoms with E-state index in [9.17, 15) is 15.0 Å². The molecule has 7 heteroatoms. The minimum atomic E-state index is -1.07. The van der Waals surface area contributed by atoms with Crippen molar-refractivity contribution in [2.24, 2.45) is 0 Å². The van der Waals surface area contributed by atoms with Crippen LogP contribution < -0.4 is 5.73 Å². The molecule has 1 rings (SSSR count). The van der Waals surface area contributed by atoms with E-state index in [2.05, 4.69) is 9.97 Å². The number of aliphatic hydroxyl groups is 2. The van der Waals surface area contributed by atoms with Crippen LogP contribution in [0.15, 0.2) is 6.20 Å². The fourth-order valence-electron chi connectivity index (χ4n) is 1.47. The van der Waals surface area contributed by atoms with Gasteiger partial charge in [-0.15, -0.1) is 0 Å². The quantitative estimate of drug-likeness (QED) is 0.712. The number of thioether (sulfide) groups is 1. The molecular weight excluding hydrogens is 254 g/mol. The van der Waals surface area contributed by atoms with Gasteiger partial charge in [0, 0.05) is 30.1 Å². The Bertz CT molecular complexity index is 428. The minimum absolute atomic E-state index is 0.0105. The van der Waals surface area contributed by atoms with E-state index in [1.165, 1.54) is 13.1 Å². The number of aliphatic hydroxyl groups excluding tert-OH is 2. The van der Waals surface area contributed by atoms with Crippen molar-refractivity contribution >= 4 is 22.8 Å². The van der Waals surface area contributed by atoms with E-state index in [0.717, 1.165) is 11.8 Å². The van der Waals surface area contributed by atoms with Crippen molar-refractivity contribution < 1.29 is 15.0 Å². The summed E-state index contributed by atoms with van der Waals surface area (Å²) in [6.07, 6.45) is -0.306. The highest BCUT2D eigenvalue weighted by molar-refractivity contribution is 8.13. The minimum Gasteiger partial charge on any atom is -0.390 e. The van der Waals surface area contributed by atoms with E-state index in [1.54, 1.807) is 6.92 Å². The van der Waals surface area contributed by atoms with Crippen molar-refractivity contribution in [1.29, 1.82) is 0 Å². The van der Waals surface area contributed by atoms with Gasteiger partial charge >= 0.3 is 0 Å². The number of anilines is 1. The van der Waals surface area contributed by atoms with Gasteiger partial charge in [-0.3, -0.25) is 4.79 Å². The first kappa shape index (κ1) is 14.9. The van der Waals surface area contributed by atoms with Crippen LogP contribution in [0.1, 0.15) is 30.7 Å². The van der Waals surface area contributed by atoms with Gasteiger partial charge in [-0.25, -0.2) is 9.97 Å². The highest BCUT2D eigenvalue weighted by Gasteiger charge is 2.21. The first-order chi connectivity index (χ1) is 8.41. The van der Waals surface area contributed by atoms with Gasteiger partial charge in [-0.2, -0.15) is 0 Å². The molecule has 1 heterocycles. The Labute approximate surface area is 110 Å². The highest BCUT2D eigenvalue weighted by Crippen LogP contribution is 2.22. The maximum absolute atomic E-state index is 10.7. The summed E-state index contributed by atoms with van der Waals surface area (Å²) in [5.41, 5.74) is 6.39. The second-order valence-corrected chi connectivity index (χ2v) is 5.18. The summed E-state index contributed by atoms with van der Waals surface area (Å²) in [5.74, 6) is 0.590. The van der Waals surface area contributed by atoms with E-state index >= 15 is 0 Å². The van der Waals surface area contributed by atoms with Crippen LogP contribution in [0.4, 0.5) is 5.95 Å². The summed E-state index contributed by atoms with van der Waals surface area (Å²) in [6.45, 7) is 3.15. The molecule has 6 nitrogen and oxygen atoms in total. The molecule has 4 N–H and O–H groups in total. The zero-order valence-electron chi connectivity index (χ0n) is 10.3. The molecule has 0 saturated carbocycles. The molecule has 1 aromatic rings. The molecule has 0 saturated heterocycles. The van der Waals surface area contributed by atoms with Gasteiger partial charge in [0.1, 0.15) is 6.10 Å². The molecule has 1 aromatic heterocycles. The molecule has 100 valence electrons. The van der Waals surface area contributed by atoms with Crippen LogP contribution in [-0.2, 0) is 4.79 Å². The summed E-state index contributed by atoms with van der Waals surface area (Å²) >= 11 is 1.12. The molecule has 0 spiro atoms. The third-order valence-electron chi connectivity index (χ3n) is 2.44. The lowest BCUT2D eigenvalue weighted by atomic mass is 10.0. The van der Waals surface area contributed by atoms with Crippen molar-refractivity contribution in [2.45, 2.75) is 32.5 Å². The fraction of sp³-hybridized carbons (Fsp3) is 0.545. The van der Waals surface area contributed by atoms with Crippen LogP contribution >= 0.6 is 11.8 Å². The average Bonchev–Trinajstić information content (AvgIpc) is 2.27. The molecule has 0 aliphatic carbocycles. The predicted molar refractivity (Wildman–Crippen MR) is 69.9 cm³/mol. The predicted octanol–water partition coefficient (Wildman–Crippen LogP) is 0.431. The molecule has 0 aliphatic heterocycles. The van der Waals surface area contributed by atoms with Crippen molar-refractivity contribution in [3.8, 4) is 0 Å². The number of carbonyl (C=O) groups excluding carboxylic acids is 1. The van der Waals surface area contributed by atoms with Crippen LogP contribution in [0, 0.1) is 6.92 Å². The maximum Gasteiger partial charge on any atom is 0.220 e. The number of aryl methyl sites for hydroxylation is 1. The number of nitrogen functional groups attached to an aromatic ring is 1. The van der Waals surface area contributed by atoms with Crippen LogP contribution in [-0.4, -0.2) is 37.2 Å². The zero-order chi connectivity index (χ0) is 13.7. The molecule has 0 fully saturated rings. The van der Waals surface area contributed by atoms with Gasteiger partial charge in [-0.05, 0) is 13.3 Å². The highest BCUT2D eigenvalue weighted by atomic mass is 32.2. The third-order valence-corrected chi connectivity index (χ3v) is 3.28. The number of hydrogen-bond donors (Lipinski definition) is 3. The lowest BCUT2D eigenvalue weighted by Crippen LogP contribution is -2.21. The molecule has 18 heavy (non-hydrogen) atoms. The Balaban J connectivity index is 2.62. The van der Waals surface area contributed by atoms with Crippen molar-refractivity contribution in [2.75, 3.05) is 11.5 Å². The van der Waals surface area contributed by atoms with E-state index < -0.39 is 12.2 Å². The summed E-state index contributed by atoms with van der Waals surface area (Å²) in [6, 6.07) is 0. The Morgan fingerprint density at radius 2 is 2.22 bits per heavy atom. The lowest BCUT2D eigenvalue weighted by Gasteiger charge is -2.18. The Hall–Kier alpha value is -1.18. The number of carbonyl (C=O) groups is 1. The maximum atomic E-state index is 10.7. The molecule has 0 aromatic carbocycles. The average molecular weight is 271 g/mol. The number of hydrogen-bond acceptors (Lipinski definition) is 7. The molecule has 0 amide bonds. The molecule has 2 atom stereocenters. The van der Waals surface area contributed by atoms with E-state index in [1.807, 2.05) is 0 Å². The van der Waals surface area contributed by atoms with Gasteiger partial charge in [-0.1, -0.05) is 11.8 Å². The van der Waals surface area contributed by atoms with Gasteiger partial charge < -0.3 is 15.9 Å². The van der Waals surface area contributed by atoms with E-state index in [-0.39, 0.29) is 11.1 Å². The first-order valence-corrected chi connectivity index (χ1v) is 6.49. The Kier molecular flexibility index (Phi) is 5.52. The number of aromatic nitrogens is 2. The topological polar surface area (TPSA) is 109 Å². The molecular formula is C11H17N3O3S. The van der Waals surface area contributed by atoms with Gasteiger partial charge in [0.25, 0.3) is 0 Å². The monoisotopic (exact) mass is 271 g/mol. The summed E-state index contributed by atoms with van der Waals surface area (Å²) in [5, 5.41) is 19.8. The van der Waals surface area contributed by atoms with Gasteiger partial charge in [0.2, 0.25) is 5.95 Å². The van der Waals surface area contributed by atoms with E-state index in [4.69, 9.17) is 5.73 Å². The third kappa shape index (κ3) is 4.25. The molecule has 0 bridgehead atoms. The lowest BCUT2D eigenvalue weighted by molar-refractivity contribution is -0.109. The van der Waals surface area contributed by atoms with Crippen LogP contribution in [0.25, 0.3) is 0 Å². The largest absolute Gasteiger partial charge is 0.390 e. The Morgan fingerprint density at radius 1 is 1.56 bits per heavy atom. The van der Waals surface area contributed by atoms with Gasteiger partial charge in [0.15, 0.2) is 5.12 Å². The summed E-state index contributed by atoms with van der Waals surface area (Å²) in [4.78, 5) is 18.5. The van der Waals surface area contributed by atoms with Crippen LogP contribution in [0.3, 0.4) is 0 Å². The number of nitrogens with zero attached hydrogens (tertiary/aromatic N) is 2. The second-order valence-electron chi connectivity index (χ2n) is 3.91. The first-order valence-electron chi connectivity index (χ1n) is 5.50. The molecule has 0 radical (unpaired) electrons. The normalized spacial score (nSPS) is 14.2. The molecule has 0 aliphatic rings.